The van der Waals surface area contributed by atoms with Crippen molar-refractivity contribution in [3.8, 4) is 0 Å². The van der Waals surface area contributed by atoms with Crippen molar-refractivity contribution in [1.82, 2.24) is 0 Å². The van der Waals surface area contributed by atoms with Crippen molar-refractivity contribution in [2.75, 3.05) is 13.2 Å². The molecule has 1 heterocycles. The molecular formula is C14H18N2O5. The number of nitrogens with zero attached hydrogens (tertiary/aromatic N) is 2. The van der Waals surface area contributed by atoms with Gasteiger partial charge in [-0.15, -0.1) is 0 Å². The first-order valence-corrected chi connectivity index (χ1v) is 6.52. The van der Waals surface area contributed by atoms with E-state index >= 15 is 0 Å². The Hall–Kier alpha value is -2.44. The van der Waals surface area contributed by atoms with Crippen LogP contribution in [-0.4, -0.2) is 36.8 Å². The number of furan rings is 1. The van der Waals surface area contributed by atoms with Gasteiger partial charge in [-0.2, -0.15) is 9.98 Å². The topological polar surface area (TPSA) is 90.5 Å². The highest BCUT2D eigenvalue weighted by atomic mass is 16.5. The predicted molar refractivity (Wildman–Crippen MR) is 77.2 cm³/mol. The van der Waals surface area contributed by atoms with E-state index in [4.69, 9.17) is 13.9 Å². The average Bonchev–Trinajstić information content (AvgIpc) is 2.88. The van der Waals surface area contributed by atoms with Crippen LogP contribution >= 0.6 is 0 Å². The number of aliphatic imine (C=N–C) groups is 2. The van der Waals surface area contributed by atoms with Crippen molar-refractivity contribution in [2.45, 2.75) is 27.7 Å². The fraction of sp³-hybridized carbons (Fsp3) is 0.429. The van der Waals surface area contributed by atoms with Gasteiger partial charge in [0.2, 0.25) is 0 Å². The number of hydrogen-bond acceptors (Lipinski definition) is 5. The molecule has 21 heavy (non-hydrogen) atoms. The molecule has 7 nitrogen and oxygen atoms in total. The Morgan fingerprint density at radius 3 is 1.67 bits per heavy atom. The number of rotatable bonds is 4. The van der Waals surface area contributed by atoms with Gasteiger partial charge in [-0.3, -0.25) is 0 Å². The van der Waals surface area contributed by atoms with Gasteiger partial charge in [0.1, 0.15) is 11.5 Å². The Morgan fingerprint density at radius 2 is 1.33 bits per heavy atom. The summed E-state index contributed by atoms with van der Waals surface area (Å²) >= 11 is 0. The molecule has 0 radical (unpaired) electrons. The standard InChI is InChI=1S/C14H18N2O5/c1-5-19-13(17)15-9(3)11-7-8-12(21-11)10(4)16-14(18)20-6-2/h7-8H,5-6H2,1-4H3/b15-9+,16-10+. The van der Waals surface area contributed by atoms with Crippen LogP contribution < -0.4 is 0 Å². The normalized spacial score (nSPS) is 12.2. The first-order chi connectivity index (χ1) is 9.97. The SMILES string of the molecule is CCOC(=O)/N=C(\C)c1ccc(/C(C)=N/C(=O)OCC)o1. The van der Waals surface area contributed by atoms with Crippen LogP contribution in [0.2, 0.25) is 0 Å². The second kappa shape index (κ2) is 7.98. The summed E-state index contributed by atoms with van der Waals surface area (Å²) in [7, 11) is 0. The summed E-state index contributed by atoms with van der Waals surface area (Å²) in [4.78, 5) is 30.0. The molecule has 0 aliphatic heterocycles. The zero-order valence-electron chi connectivity index (χ0n) is 12.5. The molecule has 0 atom stereocenters. The molecule has 0 aliphatic rings. The molecule has 114 valence electrons. The lowest BCUT2D eigenvalue weighted by molar-refractivity contribution is 0.162. The molecule has 2 amide bonds. The summed E-state index contributed by atoms with van der Waals surface area (Å²) in [6.07, 6.45) is -1.35. The van der Waals surface area contributed by atoms with Gasteiger partial charge >= 0.3 is 12.2 Å². The Kier molecular flexibility index (Phi) is 6.32. The van der Waals surface area contributed by atoms with Crippen molar-refractivity contribution in [3.63, 3.8) is 0 Å². The lowest BCUT2D eigenvalue weighted by atomic mass is 10.3. The molecule has 7 heteroatoms. The Balaban J connectivity index is 2.86. The van der Waals surface area contributed by atoms with E-state index in [1.54, 1.807) is 39.8 Å². The number of amides is 2. The fourth-order valence-corrected chi connectivity index (χ4v) is 1.42. The quantitative estimate of drug-likeness (QED) is 0.795. The third-order valence-electron chi connectivity index (χ3n) is 2.37. The maximum atomic E-state index is 11.2. The fourth-order valence-electron chi connectivity index (χ4n) is 1.42. The molecule has 0 aliphatic carbocycles. The lowest BCUT2D eigenvalue weighted by Gasteiger charge is -1.99. The van der Waals surface area contributed by atoms with E-state index in [9.17, 15) is 9.59 Å². The lowest BCUT2D eigenvalue weighted by Crippen LogP contribution is -2.04. The van der Waals surface area contributed by atoms with Crippen LogP contribution in [0.5, 0.6) is 0 Å². The largest absolute Gasteiger partial charge is 0.454 e. The first kappa shape index (κ1) is 16.6. The van der Waals surface area contributed by atoms with Crippen molar-refractivity contribution in [3.05, 3.63) is 23.7 Å². The minimum atomic E-state index is -0.676. The molecule has 0 N–H and O–H groups in total. The van der Waals surface area contributed by atoms with E-state index in [0.29, 0.717) is 22.9 Å². The molecule has 0 fully saturated rings. The van der Waals surface area contributed by atoms with Crippen LogP contribution in [0.1, 0.15) is 39.2 Å². The zero-order valence-corrected chi connectivity index (χ0v) is 12.5. The highest BCUT2D eigenvalue weighted by Crippen LogP contribution is 2.11. The van der Waals surface area contributed by atoms with E-state index in [0.717, 1.165) is 0 Å². The van der Waals surface area contributed by atoms with E-state index in [1.807, 2.05) is 0 Å². The molecule has 1 rings (SSSR count). The van der Waals surface area contributed by atoms with Gasteiger partial charge < -0.3 is 13.9 Å². The van der Waals surface area contributed by atoms with E-state index < -0.39 is 12.2 Å². The van der Waals surface area contributed by atoms with Crippen molar-refractivity contribution < 1.29 is 23.5 Å². The van der Waals surface area contributed by atoms with Crippen LogP contribution in [0.4, 0.5) is 9.59 Å². The second-order valence-electron chi connectivity index (χ2n) is 3.96. The molecule has 0 unspecified atom stereocenters. The number of ether oxygens (including phenoxy) is 2. The third-order valence-corrected chi connectivity index (χ3v) is 2.37. The Bertz CT molecular complexity index is 523. The van der Waals surface area contributed by atoms with Crippen LogP contribution in [0.25, 0.3) is 0 Å². The summed E-state index contributed by atoms with van der Waals surface area (Å²) in [5.74, 6) is 0.799. The Morgan fingerprint density at radius 1 is 0.952 bits per heavy atom. The predicted octanol–water partition coefficient (Wildman–Crippen LogP) is 3.21. The summed E-state index contributed by atoms with van der Waals surface area (Å²) in [6.45, 7) is 7.15. The minimum absolute atomic E-state index is 0.254. The molecular weight excluding hydrogens is 276 g/mol. The molecule has 1 aromatic rings. The molecule has 0 spiro atoms. The number of hydrogen-bond donors (Lipinski definition) is 0. The summed E-state index contributed by atoms with van der Waals surface area (Å²) in [5, 5.41) is 0. The molecule has 0 bridgehead atoms. The van der Waals surface area contributed by atoms with Crippen LogP contribution in [-0.2, 0) is 9.47 Å². The van der Waals surface area contributed by atoms with Gasteiger partial charge in [-0.25, -0.2) is 9.59 Å². The minimum Gasteiger partial charge on any atom is -0.454 e. The molecule has 0 aromatic carbocycles. The van der Waals surface area contributed by atoms with Gasteiger partial charge in [0, 0.05) is 0 Å². The van der Waals surface area contributed by atoms with Gasteiger partial charge in [0.15, 0.2) is 0 Å². The number of carbonyl (C=O) groups excluding carboxylic acids is 2. The van der Waals surface area contributed by atoms with Crippen molar-refractivity contribution >= 4 is 23.6 Å². The van der Waals surface area contributed by atoms with E-state index in [-0.39, 0.29) is 13.2 Å². The summed E-state index contributed by atoms with van der Waals surface area (Å²) < 4.78 is 14.9. The summed E-state index contributed by atoms with van der Waals surface area (Å²) in [5.41, 5.74) is 0.757. The van der Waals surface area contributed by atoms with Crippen LogP contribution in [0, 0.1) is 0 Å². The molecule has 0 saturated carbocycles. The van der Waals surface area contributed by atoms with Gasteiger partial charge in [-0.05, 0) is 39.8 Å². The maximum absolute atomic E-state index is 11.2. The third kappa shape index (κ3) is 5.21. The van der Waals surface area contributed by atoms with Gasteiger partial charge in [-0.1, -0.05) is 0 Å². The van der Waals surface area contributed by atoms with Crippen LogP contribution in [0.3, 0.4) is 0 Å². The van der Waals surface area contributed by atoms with Gasteiger partial charge in [0.05, 0.1) is 24.6 Å². The highest BCUT2D eigenvalue weighted by molar-refractivity contribution is 6.05. The Labute approximate surface area is 122 Å². The zero-order chi connectivity index (χ0) is 15.8. The average molecular weight is 294 g/mol. The monoisotopic (exact) mass is 294 g/mol. The first-order valence-electron chi connectivity index (χ1n) is 6.52. The smallest absolute Gasteiger partial charge is 0.433 e. The van der Waals surface area contributed by atoms with E-state index in [2.05, 4.69) is 9.98 Å². The van der Waals surface area contributed by atoms with Crippen molar-refractivity contribution in [2.24, 2.45) is 9.98 Å². The summed E-state index contributed by atoms with van der Waals surface area (Å²) in [6, 6.07) is 3.27. The van der Waals surface area contributed by atoms with Crippen LogP contribution in [0.15, 0.2) is 26.5 Å². The molecule has 0 saturated heterocycles. The number of carbonyl (C=O) groups is 2. The maximum Gasteiger partial charge on any atom is 0.433 e. The van der Waals surface area contributed by atoms with Gasteiger partial charge in [0.25, 0.3) is 0 Å². The second-order valence-corrected chi connectivity index (χ2v) is 3.96. The molecule has 1 aromatic heterocycles. The van der Waals surface area contributed by atoms with E-state index in [1.165, 1.54) is 0 Å². The van der Waals surface area contributed by atoms with Crippen molar-refractivity contribution in [1.29, 1.82) is 0 Å². The highest BCUT2D eigenvalue weighted by Gasteiger charge is 2.11.